The van der Waals surface area contributed by atoms with Crippen molar-refractivity contribution in [2.75, 3.05) is 49.5 Å². The van der Waals surface area contributed by atoms with Crippen molar-refractivity contribution in [2.24, 2.45) is 0 Å². The fourth-order valence-corrected chi connectivity index (χ4v) is 4.54. The first-order valence-corrected chi connectivity index (χ1v) is 12.2. The average Bonchev–Trinajstić information content (AvgIpc) is 3.17. The summed E-state index contributed by atoms with van der Waals surface area (Å²) in [6, 6.07) is 17.7. The van der Waals surface area contributed by atoms with Gasteiger partial charge >= 0.3 is 5.97 Å². The average molecular weight is 475 g/mol. The van der Waals surface area contributed by atoms with E-state index in [4.69, 9.17) is 4.74 Å². The summed E-state index contributed by atoms with van der Waals surface area (Å²) in [4.78, 5) is 29.9. The molecule has 0 bridgehead atoms. The monoisotopic (exact) mass is 474 g/mol. The molecule has 35 heavy (non-hydrogen) atoms. The number of hydrogen-bond donors (Lipinski definition) is 1. The first-order valence-electron chi connectivity index (χ1n) is 12.2. The first kappa shape index (κ1) is 24.5. The highest BCUT2D eigenvalue weighted by Gasteiger charge is 2.19. The van der Waals surface area contributed by atoms with Crippen molar-refractivity contribution in [3.8, 4) is 5.69 Å². The number of likely N-dealkylation sites (N-methyl/N-ethyl adjacent to an activating group) is 1. The molecule has 0 saturated carbocycles. The lowest BCUT2D eigenvalue weighted by Gasteiger charge is -2.35. The normalized spacial score (nSPS) is 14.1. The molecule has 1 N–H and O–H groups in total. The number of benzene rings is 2. The van der Waals surface area contributed by atoms with Crippen molar-refractivity contribution in [2.45, 2.75) is 27.7 Å². The Balaban J connectivity index is 1.31. The lowest BCUT2D eigenvalue weighted by atomic mass is 10.2. The number of nitrogens with one attached hydrogen (secondary N) is 1. The molecule has 1 aliphatic rings. The van der Waals surface area contributed by atoms with Gasteiger partial charge in [-0.05, 0) is 69.8 Å². The van der Waals surface area contributed by atoms with E-state index >= 15 is 0 Å². The zero-order valence-corrected chi connectivity index (χ0v) is 21.0. The third-order valence-corrected chi connectivity index (χ3v) is 6.61. The number of piperazine rings is 1. The highest BCUT2D eigenvalue weighted by Crippen LogP contribution is 2.22. The number of esters is 1. The van der Waals surface area contributed by atoms with Gasteiger partial charge in [0, 0.05) is 54.6 Å². The third-order valence-electron chi connectivity index (χ3n) is 6.61. The summed E-state index contributed by atoms with van der Waals surface area (Å²) in [6.45, 7) is 12.9. The molecule has 2 heterocycles. The Morgan fingerprint density at radius 3 is 2.14 bits per heavy atom. The SMILES string of the molecule is CCN1CCN(c2ccc(NC(=O)COC(=O)c3cc(C)n(-c4ccc(C)cc4)c3C)cc2)CC1. The maximum absolute atomic E-state index is 12.7. The topological polar surface area (TPSA) is 66.8 Å². The molecule has 3 aromatic rings. The largest absolute Gasteiger partial charge is 0.452 e. The van der Waals surface area contributed by atoms with Crippen LogP contribution in [0.1, 0.15) is 34.2 Å². The van der Waals surface area contributed by atoms with Crippen LogP contribution in [0.5, 0.6) is 0 Å². The van der Waals surface area contributed by atoms with Crippen LogP contribution in [-0.2, 0) is 9.53 Å². The molecule has 0 aliphatic carbocycles. The minimum atomic E-state index is -0.506. The van der Waals surface area contributed by atoms with Gasteiger partial charge < -0.3 is 24.4 Å². The van der Waals surface area contributed by atoms with E-state index in [9.17, 15) is 9.59 Å². The molecule has 1 aromatic heterocycles. The number of carbonyl (C=O) groups is 2. The van der Waals surface area contributed by atoms with E-state index in [1.165, 1.54) is 5.56 Å². The molecule has 1 fully saturated rings. The number of nitrogens with zero attached hydrogens (tertiary/aromatic N) is 3. The zero-order valence-electron chi connectivity index (χ0n) is 21.0. The molecule has 184 valence electrons. The van der Waals surface area contributed by atoms with Gasteiger partial charge in [-0.1, -0.05) is 24.6 Å². The van der Waals surface area contributed by atoms with Gasteiger partial charge in [0.1, 0.15) is 0 Å². The molecular formula is C28H34N4O3. The van der Waals surface area contributed by atoms with Gasteiger partial charge in [-0.15, -0.1) is 0 Å². The van der Waals surface area contributed by atoms with Crippen LogP contribution in [0.2, 0.25) is 0 Å². The van der Waals surface area contributed by atoms with Crippen molar-refractivity contribution in [3.63, 3.8) is 0 Å². The van der Waals surface area contributed by atoms with Crippen LogP contribution >= 0.6 is 0 Å². The van der Waals surface area contributed by atoms with E-state index in [-0.39, 0.29) is 12.5 Å². The Morgan fingerprint density at radius 1 is 0.886 bits per heavy atom. The highest BCUT2D eigenvalue weighted by molar-refractivity contribution is 5.96. The maximum Gasteiger partial charge on any atom is 0.340 e. The van der Waals surface area contributed by atoms with Crippen LogP contribution in [0, 0.1) is 20.8 Å². The summed E-state index contributed by atoms with van der Waals surface area (Å²) in [6.07, 6.45) is 0. The van der Waals surface area contributed by atoms with Crippen molar-refractivity contribution in [1.29, 1.82) is 0 Å². The zero-order chi connectivity index (χ0) is 24.9. The number of aromatic nitrogens is 1. The Morgan fingerprint density at radius 2 is 1.51 bits per heavy atom. The molecule has 1 saturated heterocycles. The second kappa shape index (κ2) is 10.8. The predicted octanol–water partition coefficient (Wildman–Crippen LogP) is 4.34. The van der Waals surface area contributed by atoms with E-state index in [2.05, 4.69) is 22.0 Å². The van der Waals surface area contributed by atoms with Gasteiger partial charge in [-0.2, -0.15) is 0 Å². The number of ether oxygens (including phenoxy) is 1. The van der Waals surface area contributed by atoms with Gasteiger partial charge in [0.2, 0.25) is 0 Å². The summed E-state index contributed by atoms with van der Waals surface area (Å²) >= 11 is 0. The van der Waals surface area contributed by atoms with Gasteiger partial charge in [0.25, 0.3) is 5.91 Å². The molecule has 7 heteroatoms. The molecule has 4 rings (SSSR count). The van der Waals surface area contributed by atoms with Crippen molar-refractivity contribution < 1.29 is 14.3 Å². The third kappa shape index (κ3) is 5.74. The number of anilines is 2. The second-order valence-electron chi connectivity index (χ2n) is 9.05. The number of aryl methyl sites for hydroxylation is 2. The quantitative estimate of drug-likeness (QED) is 0.516. The van der Waals surface area contributed by atoms with Gasteiger partial charge in [0.15, 0.2) is 6.61 Å². The standard InChI is InChI=1S/C28H34N4O3/c1-5-30-14-16-31(17-15-30)24-12-8-23(9-13-24)29-27(33)19-35-28(34)26-18-21(3)32(22(26)4)25-10-6-20(2)7-11-25/h6-13,18H,5,14-17,19H2,1-4H3,(H,29,33). The number of rotatable bonds is 7. The fraction of sp³-hybridized carbons (Fsp3) is 0.357. The van der Waals surface area contributed by atoms with Gasteiger partial charge in [0.05, 0.1) is 5.56 Å². The van der Waals surface area contributed by atoms with Crippen LogP contribution in [0.15, 0.2) is 54.6 Å². The second-order valence-corrected chi connectivity index (χ2v) is 9.05. The number of carbonyl (C=O) groups excluding carboxylic acids is 2. The summed E-state index contributed by atoms with van der Waals surface area (Å²) < 4.78 is 7.34. The van der Waals surface area contributed by atoms with Crippen molar-refractivity contribution in [1.82, 2.24) is 9.47 Å². The van der Waals surface area contributed by atoms with Crippen LogP contribution in [0.3, 0.4) is 0 Å². The lowest BCUT2D eigenvalue weighted by molar-refractivity contribution is -0.119. The molecule has 7 nitrogen and oxygen atoms in total. The predicted molar refractivity (Wildman–Crippen MR) is 140 cm³/mol. The van der Waals surface area contributed by atoms with Crippen LogP contribution in [0.25, 0.3) is 5.69 Å². The molecule has 0 radical (unpaired) electrons. The van der Waals surface area contributed by atoms with Crippen LogP contribution in [-0.4, -0.2) is 60.7 Å². The Bertz CT molecular complexity index is 1170. The molecule has 0 unspecified atom stereocenters. The van der Waals surface area contributed by atoms with E-state index in [0.717, 1.165) is 55.5 Å². The molecular weight excluding hydrogens is 440 g/mol. The van der Waals surface area contributed by atoms with E-state index in [1.54, 1.807) is 6.07 Å². The minimum absolute atomic E-state index is 0.340. The van der Waals surface area contributed by atoms with Gasteiger partial charge in [-0.25, -0.2) is 4.79 Å². The fourth-order valence-electron chi connectivity index (χ4n) is 4.54. The first-order chi connectivity index (χ1) is 16.9. The van der Waals surface area contributed by atoms with Crippen LogP contribution < -0.4 is 10.2 Å². The number of hydrogen-bond acceptors (Lipinski definition) is 5. The summed E-state index contributed by atoms with van der Waals surface area (Å²) in [5.41, 5.74) is 6.16. The van der Waals surface area contributed by atoms with Crippen molar-refractivity contribution in [3.05, 3.63) is 77.1 Å². The molecule has 1 aliphatic heterocycles. The minimum Gasteiger partial charge on any atom is -0.452 e. The molecule has 0 spiro atoms. The maximum atomic E-state index is 12.7. The van der Waals surface area contributed by atoms with E-state index in [0.29, 0.717) is 11.3 Å². The molecule has 2 aromatic carbocycles. The van der Waals surface area contributed by atoms with E-state index in [1.807, 2.05) is 73.9 Å². The number of amides is 1. The lowest BCUT2D eigenvalue weighted by Crippen LogP contribution is -2.46. The summed E-state index contributed by atoms with van der Waals surface area (Å²) in [7, 11) is 0. The highest BCUT2D eigenvalue weighted by atomic mass is 16.5. The molecule has 1 amide bonds. The summed E-state index contributed by atoms with van der Waals surface area (Å²) in [5, 5.41) is 2.81. The summed E-state index contributed by atoms with van der Waals surface area (Å²) in [5.74, 6) is -0.872. The Kier molecular flexibility index (Phi) is 7.56. The van der Waals surface area contributed by atoms with E-state index < -0.39 is 5.97 Å². The van der Waals surface area contributed by atoms with Crippen LogP contribution in [0.4, 0.5) is 11.4 Å². The van der Waals surface area contributed by atoms with Crippen molar-refractivity contribution >= 4 is 23.3 Å². The van der Waals surface area contributed by atoms with Gasteiger partial charge in [-0.3, -0.25) is 4.79 Å². The Labute approximate surface area is 207 Å². The Hall–Kier alpha value is -3.58. The smallest absolute Gasteiger partial charge is 0.340 e. The molecule has 0 atom stereocenters.